The predicted molar refractivity (Wildman–Crippen MR) is 70.2 cm³/mol. The number of hydrazine groups is 1. The van der Waals surface area contributed by atoms with E-state index in [1.54, 1.807) is 0 Å². The molecule has 0 amide bonds. The number of nitrogens with zero attached hydrogens (tertiary/aromatic N) is 1. The van der Waals surface area contributed by atoms with Gasteiger partial charge in [-0.15, -0.1) is 5.10 Å². The summed E-state index contributed by atoms with van der Waals surface area (Å²) in [6.07, 6.45) is 3.66. The van der Waals surface area contributed by atoms with Crippen LogP contribution in [0.3, 0.4) is 0 Å². The van der Waals surface area contributed by atoms with Gasteiger partial charge in [0, 0.05) is 11.6 Å². The Balaban J connectivity index is 2.19. The summed E-state index contributed by atoms with van der Waals surface area (Å²) in [4.78, 5) is 0. The average Bonchev–Trinajstić information content (AvgIpc) is 2.25. The molecule has 0 bridgehead atoms. The molecule has 8 N–H and O–H groups in total. The van der Waals surface area contributed by atoms with E-state index in [4.69, 9.17) is 17.3 Å². The minimum absolute atomic E-state index is 0.337. The fraction of sp³-hybridized carbons (Fsp3) is 0.364. The molecule has 0 unspecified atom stereocenters. The quantitative estimate of drug-likeness (QED) is 0.169. The molecule has 0 aliphatic heterocycles. The molecule has 0 aromatic heterocycles. The van der Waals surface area contributed by atoms with Crippen molar-refractivity contribution in [2.45, 2.75) is 25.3 Å². The highest BCUT2D eigenvalue weighted by Crippen LogP contribution is 2.27. The number of nitrogens with one attached hydrogen (secondary N) is 2. The van der Waals surface area contributed by atoms with Crippen LogP contribution in [-0.2, 0) is 0 Å². The van der Waals surface area contributed by atoms with E-state index in [0.29, 0.717) is 17.6 Å². The third-order valence-corrected chi connectivity index (χ3v) is 3.00. The number of hydrazone groups is 1. The summed E-state index contributed by atoms with van der Waals surface area (Å²) in [7, 11) is 0. The number of anilines is 2. The molecule has 0 saturated heterocycles. The van der Waals surface area contributed by atoms with Crippen molar-refractivity contribution in [2.24, 2.45) is 16.7 Å². The minimum atomic E-state index is 0.337. The highest BCUT2D eigenvalue weighted by atomic mass is 15.5. The average molecular weight is 234 g/mol. The first-order chi connectivity index (χ1) is 8.20. The van der Waals surface area contributed by atoms with Gasteiger partial charge in [0.2, 0.25) is 0 Å². The standard InChI is InChI=1S/C11H18N6/c12-9-5-4-7(11(13)16-17-14)6-10(9)15-8-2-1-3-8/h4-6,8,15,17H,1-3,12,14H2,(H2,13,16). The van der Waals surface area contributed by atoms with E-state index >= 15 is 0 Å². The van der Waals surface area contributed by atoms with Crippen LogP contribution in [0, 0.1) is 0 Å². The molecule has 0 heterocycles. The van der Waals surface area contributed by atoms with Gasteiger partial charge in [-0.2, -0.15) is 0 Å². The summed E-state index contributed by atoms with van der Waals surface area (Å²) in [6.45, 7) is 0. The number of hydrogen-bond acceptors (Lipinski definition) is 5. The molecule has 1 saturated carbocycles. The van der Waals surface area contributed by atoms with Gasteiger partial charge in [-0.05, 0) is 37.5 Å². The van der Waals surface area contributed by atoms with Gasteiger partial charge in [-0.3, -0.25) is 0 Å². The lowest BCUT2D eigenvalue weighted by molar-refractivity contribution is 0.446. The van der Waals surface area contributed by atoms with Crippen molar-refractivity contribution < 1.29 is 0 Å². The van der Waals surface area contributed by atoms with Crippen LogP contribution in [0.5, 0.6) is 0 Å². The maximum atomic E-state index is 5.91. The van der Waals surface area contributed by atoms with Crippen LogP contribution < -0.4 is 28.2 Å². The predicted octanol–water partition coefficient (Wildman–Crippen LogP) is 0.317. The number of nitrogens with two attached hydrogens (primary N) is 3. The van der Waals surface area contributed by atoms with E-state index in [0.717, 1.165) is 11.3 Å². The molecule has 1 aliphatic rings. The number of nitrogen functional groups attached to an aromatic ring is 1. The summed E-state index contributed by atoms with van der Waals surface area (Å²) < 4.78 is 0. The Morgan fingerprint density at radius 1 is 1.35 bits per heavy atom. The van der Waals surface area contributed by atoms with Crippen LogP contribution in [-0.4, -0.2) is 11.9 Å². The third kappa shape index (κ3) is 2.59. The molecule has 92 valence electrons. The van der Waals surface area contributed by atoms with E-state index in [1.165, 1.54) is 19.3 Å². The van der Waals surface area contributed by atoms with Crippen LogP contribution in [0.15, 0.2) is 23.3 Å². The van der Waals surface area contributed by atoms with E-state index in [2.05, 4.69) is 16.0 Å². The van der Waals surface area contributed by atoms with E-state index in [1.807, 2.05) is 18.2 Å². The Hall–Kier alpha value is -1.95. The second-order valence-electron chi connectivity index (χ2n) is 4.20. The number of amidine groups is 1. The van der Waals surface area contributed by atoms with Crippen LogP contribution in [0.4, 0.5) is 11.4 Å². The van der Waals surface area contributed by atoms with Gasteiger partial charge >= 0.3 is 0 Å². The van der Waals surface area contributed by atoms with Crippen LogP contribution in [0.25, 0.3) is 0 Å². The highest BCUT2D eigenvalue weighted by Gasteiger charge is 2.18. The fourth-order valence-corrected chi connectivity index (χ4v) is 1.75. The van der Waals surface area contributed by atoms with Crippen molar-refractivity contribution in [2.75, 3.05) is 11.1 Å². The minimum Gasteiger partial charge on any atom is -0.397 e. The molecule has 0 atom stereocenters. The zero-order valence-corrected chi connectivity index (χ0v) is 9.61. The first kappa shape index (κ1) is 11.5. The summed E-state index contributed by atoms with van der Waals surface area (Å²) in [6, 6.07) is 6.05. The Bertz CT molecular complexity index is 424. The molecule has 2 rings (SSSR count). The van der Waals surface area contributed by atoms with Gasteiger partial charge in [0.15, 0.2) is 5.84 Å². The van der Waals surface area contributed by atoms with Crippen molar-refractivity contribution in [3.63, 3.8) is 0 Å². The van der Waals surface area contributed by atoms with Crippen molar-refractivity contribution in [3.8, 4) is 0 Å². The van der Waals surface area contributed by atoms with Gasteiger partial charge in [0.05, 0.1) is 11.4 Å². The summed E-state index contributed by atoms with van der Waals surface area (Å²) in [5.41, 5.74) is 16.2. The summed E-state index contributed by atoms with van der Waals surface area (Å²) >= 11 is 0. The fourth-order valence-electron chi connectivity index (χ4n) is 1.75. The Labute approximate surface area is 100 Å². The zero-order valence-electron chi connectivity index (χ0n) is 9.61. The maximum Gasteiger partial charge on any atom is 0.152 e. The van der Waals surface area contributed by atoms with Gasteiger partial charge in [-0.1, -0.05) is 0 Å². The molecule has 6 heteroatoms. The molecule has 1 aromatic rings. The molecule has 1 fully saturated rings. The molecule has 17 heavy (non-hydrogen) atoms. The smallest absolute Gasteiger partial charge is 0.152 e. The van der Waals surface area contributed by atoms with Crippen molar-refractivity contribution >= 4 is 17.2 Å². The topological polar surface area (TPSA) is 114 Å². The van der Waals surface area contributed by atoms with Crippen molar-refractivity contribution in [1.29, 1.82) is 0 Å². The number of rotatable bonds is 4. The van der Waals surface area contributed by atoms with Crippen LogP contribution in [0.1, 0.15) is 24.8 Å². The van der Waals surface area contributed by atoms with E-state index in [-0.39, 0.29) is 0 Å². The van der Waals surface area contributed by atoms with Crippen LogP contribution in [0.2, 0.25) is 0 Å². The van der Waals surface area contributed by atoms with Gasteiger partial charge in [0.1, 0.15) is 0 Å². The molecule has 0 radical (unpaired) electrons. The molecular weight excluding hydrogens is 216 g/mol. The lowest BCUT2D eigenvalue weighted by Gasteiger charge is -2.28. The van der Waals surface area contributed by atoms with E-state index < -0.39 is 0 Å². The SMILES string of the molecule is NN/N=C(\N)c1ccc(N)c(NC2CCC2)c1. The third-order valence-electron chi connectivity index (χ3n) is 3.00. The van der Waals surface area contributed by atoms with Crippen LogP contribution >= 0.6 is 0 Å². The van der Waals surface area contributed by atoms with Gasteiger partial charge in [0.25, 0.3) is 0 Å². The lowest BCUT2D eigenvalue weighted by Crippen LogP contribution is -2.28. The first-order valence-electron chi connectivity index (χ1n) is 5.66. The molecular formula is C11H18N6. The lowest BCUT2D eigenvalue weighted by atomic mass is 9.93. The summed E-state index contributed by atoms with van der Waals surface area (Å²) in [5, 5.41) is 7.13. The second-order valence-corrected chi connectivity index (χ2v) is 4.20. The normalized spacial score (nSPS) is 16.4. The zero-order chi connectivity index (χ0) is 12.3. The first-order valence-corrected chi connectivity index (χ1v) is 5.66. The molecule has 6 nitrogen and oxygen atoms in total. The van der Waals surface area contributed by atoms with Gasteiger partial charge < -0.3 is 16.8 Å². The monoisotopic (exact) mass is 234 g/mol. The van der Waals surface area contributed by atoms with Gasteiger partial charge in [-0.25, -0.2) is 11.4 Å². The highest BCUT2D eigenvalue weighted by molar-refractivity contribution is 5.99. The van der Waals surface area contributed by atoms with Crippen molar-refractivity contribution in [1.82, 2.24) is 5.53 Å². The second kappa shape index (κ2) is 4.92. The Morgan fingerprint density at radius 3 is 2.71 bits per heavy atom. The Morgan fingerprint density at radius 2 is 2.12 bits per heavy atom. The molecule has 1 aromatic carbocycles. The molecule has 0 spiro atoms. The van der Waals surface area contributed by atoms with E-state index in [9.17, 15) is 0 Å². The summed E-state index contributed by atoms with van der Waals surface area (Å²) in [5.74, 6) is 5.43. The number of benzene rings is 1. The largest absolute Gasteiger partial charge is 0.397 e. The molecule has 1 aliphatic carbocycles. The Kier molecular flexibility index (Phi) is 3.34. The number of hydrogen-bond donors (Lipinski definition) is 5. The van der Waals surface area contributed by atoms with Crippen molar-refractivity contribution in [3.05, 3.63) is 23.8 Å². The maximum absolute atomic E-state index is 5.91.